The zero-order valence-corrected chi connectivity index (χ0v) is 9.55. The van der Waals surface area contributed by atoms with Gasteiger partial charge < -0.3 is 29.9 Å². The van der Waals surface area contributed by atoms with E-state index in [1.54, 1.807) is 30.3 Å². The van der Waals surface area contributed by atoms with Gasteiger partial charge in [-0.1, -0.05) is 18.2 Å². The molecular weight excluding hydrogens is 240 g/mol. The molecule has 1 aliphatic rings. The van der Waals surface area contributed by atoms with Crippen LogP contribution in [-0.2, 0) is 4.74 Å². The molecule has 0 radical (unpaired) electrons. The highest BCUT2D eigenvalue weighted by Gasteiger charge is 2.41. The molecule has 0 aliphatic carbocycles. The first-order valence-electron chi connectivity index (χ1n) is 5.63. The second-order valence-corrected chi connectivity index (χ2v) is 4.10. The lowest BCUT2D eigenvalue weighted by Gasteiger charge is -2.45. The number of aliphatic hydroxyl groups excluding tert-OH is 3. The van der Waals surface area contributed by atoms with Gasteiger partial charge in [0.15, 0.2) is 0 Å². The van der Waals surface area contributed by atoms with Crippen molar-refractivity contribution >= 4 is 0 Å². The van der Waals surface area contributed by atoms with Gasteiger partial charge in [-0.3, -0.25) is 0 Å². The van der Waals surface area contributed by atoms with Crippen LogP contribution < -0.4 is 9.84 Å². The van der Waals surface area contributed by atoms with Gasteiger partial charge in [0, 0.05) is 6.29 Å². The summed E-state index contributed by atoms with van der Waals surface area (Å²) < 4.78 is 10.2. The highest BCUT2D eigenvalue weighted by molar-refractivity contribution is 5.21. The molecule has 100 valence electrons. The molecule has 1 fully saturated rings. The van der Waals surface area contributed by atoms with Crippen LogP contribution in [0.2, 0.25) is 0 Å². The minimum Gasteiger partial charge on any atom is -0.828 e. The number of aliphatic hydroxyl groups is 3. The summed E-state index contributed by atoms with van der Waals surface area (Å²) in [6, 6.07) is 8.48. The summed E-state index contributed by atoms with van der Waals surface area (Å²) in [5.41, 5.74) is 0. The Morgan fingerprint density at radius 1 is 1.17 bits per heavy atom. The SMILES string of the molecule is [O-]C1O[C@H](CO)[C@H](O)[C@H](O)[C@H]1Oc1ccccc1. The molecule has 2 rings (SSSR count). The van der Waals surface area contributed by atoms with Crippen molar-refractivity contribution in [3.8, 4) is 5.75 Å². The minimum atomic E-state index is -1.67. The fourth-order valence-electron chi connectivity index (χ4n) is 1.84. The van der Waals surface area contributed by atoms with Crippen molar-refractivity contribution in [3.63, 3.8) is 0 Å². The second-order valence-electron chi connectivity index (χ2n) is 4.10. The second kappa shape index (κ2) is 5.64. The molecule has 0 aromatic heterocycles. The first kappa shape index (κ1) is 13.3. The van der Waals surface area contributed by atoms with Gasteiger partial charge in [0.25, 0.3) is 0 Å². The van der Waals surface area contributed by atoms with Crippen LogP contribution in [0.25, 0.3) is 0 Å². The first-order valence-corrected chi connectivity index (χ1v) is 5.63. The Labute approximate surface area is 104 Å². The van der Waals surface area contributed by atoms with E-state index in [9.17, 15) is 15.3 Å². The van der Waals surface area contributed by atoms with Crippen LogP contribution in [-0.4, -0.2) is 52.6 Å². The maximum Gasteiger partial charge on any atom is 0.138 e. The van der Waals surface area contributed by atoms with Crippen LogP contribution in [0.1, 0.15) is 0 Å². The average molecular weight is 255 g/mol. The highest BCUT2D eigenvalue weighted by Crippen LogP contribution is 2.23. The van der Waals surface area contributed by atoms with Crippen molar-refractivity contribution in [2.45, 2.75) is 30.7 Å². The van der Waals surface area contributed by atoms with Gasteiger partial charge in [0.05, 0.1) is 6.61 Å². The van der Waals surface area contributed by atoms with Gasteiger partial charge in [-0.15, -0.1) is 0 Å². The van der Waals surface area contributed by atoms with Crippen LogP contribution in [0, 0.1) is 0 Å². The van der Waals surface area contributed by atoms with Crippen molar-refractivity contribution in [1.82, 2.24) is 0 Å². The lowest BCUT2D eigenvalue weighted by atomic mass is 9.99. The van der Waals surface area contributed by atoms with Crippen molar-refractivity contribution in [2.24, 2.45) is 0 Å². The van der Waals surface area contributed by atoms with Crippen molar-refractivity contribution < 1.29 is 29.9 Å². The molecule has 1 aromatic carbocycles. The van der Waals surface area contributed by atoms with E-state index >= 15 is 0 Å². The molecule has 0 amide bonds. The third-order valence-corrected chi connectivity index (χ3v) is 2.84. The molecule has 1 saturated heterocycles. The van der Waals surface area contributed by atoms with Gasteiger partial charge in [0.2, 0.25) is 0 Å². The summed E-state index contributed by atoms with van der Waals surface area (Å²) in [5.74, 6) is 0.403. The number of hydrogen-bond acceptors (Lipinski definition) is 6. The van der Waals surface area contributed by atoms with Crippen molar-refractivity contribution in [1.29, 1.82) is 0 Å². The van der Waals surface area contributed by atoms with E-state index < -0.39 is 37.3 Å². The Morgan fingerprint density at radius 3 is 2.44 bits per heavy atom. The fourth-order valence-corrected chi connectivity index (χ4v) is 1.84. The van der Waals surface area contributed by atoms with E-state index in [4.69, 9.17) is 14.6 Å². The standard InChI is InChI=1S/C12H15O6/c13-6-8-9(14)10(15)11(12(16)18-8)17-7-4-2-1-3-5-7/h1-5,8-15H,6H2/q-1/t8-,9+,10+,11-,12?/m1/s1. The summed E-state index contributed by atoms with van der Waals surface area (Å²) in [6.07, 6.45) is -6.73. The van der Waals surface area contributed by atoms with Crippen LogP contribution in [0.4, 0.5) is 0 Å². The molecule has 18 heavy (non-hydrogen) atoms. The normalized spacial score (nSPS) is 36.3. The molecular formula is C12H15O6-. The molecule has 1 aromatic rings. The molecule has 1 heterocycles. The van der Waals surface area contributed by atoms with E-state index in [1.807, 2.05) is 0 Å². The number of hydrogen-bond donors (Lipinski definition) is 3. The monoisotopic (exact) mass is 255 g/mol. The Hall–Kier alpha value is -1.18. The quantitative estimate of drug-likeness (QED) is 0.591. The minimum absolute atomic E-state index is 0.403. The summed E-state index contributed by atoms with van der Waals surface area (Å²) in [5, 5.41) is 40.0. The van der Waals surface area contributed by atoms with E-state index in [1.165, 1.54) is 0 Å². The van der Waals surface area contributed by atoms with Gasteiger partial charge in [-0.2, -0.15) is 0 Å². The highest BCUT2D eigenvalue weighted by atomic mass is 16.7. The van der Waals surface area contributed by atoms with Gasteiger partial charge in [0.1, 0.15) is 30.2 Å². The summed E-state index contributed by atoms with van der Waals surface area (Å²) >= 11 is 0. The molecule has 1 aliphatic heterocycles. The maximum atomic E-state index is 11.7. The predicted molar refractivity (Wildman–Crippen MR) is 58.6 cm³/mol. The molecule has 5 atom stereocenters. The molecule has 6 heteroatoms. The number of rotatable bonds is 3. The molecule has 3 N–H and O–H groups in total. The molecule has 6 nitrogen and oxygen atoms in total. The van der Waals surface area contributed by atoms with Gasteiger partial charge >= 0.3 is 0 Å². The Morgan fingerprint density at radius 2 is 1.83 bits per heavy atom. The molecule has 0 spiro atoms. The van der Waals surface area contributed by atoms with Gasteiger partial charge in [-0.25, -0.2) is 0 Å². The van der Waals surface area contributed by atoms with E-state index in [2.05, 4.69) is 0 Å². The van der Waals surface area contributed by atoms with Crippen molar-refractivity contribution in [3.05, 3.63) is 30.3 Å². The Balaban J connectivity index is 2.08. The number of ether oxygens (including phenoxy) is 2. The summed E-state index contributed by atoms with van der Waals surface area (Å²) in [6.45, 7) is -0.533. The van der Waals surface area contributed by atoms with Crippen molar-refractivity contribution in [2.75, 3.05) is 6.61 Å². The Bertz CT molecular complexity index is 370. The van der Waals surface area contributed by atoms with Crippen LogP contribution in [0.15, 0.2) is 30.3 Å². The topological polar surface area (TPSA) is 102 Å². The zero-order chi connectivity index (χ0) is 13.1. The van der Waals surface area contributed by atoms with Crippen LogP contribution in [0.5, 0.6) is 5.75 Å². The predicted octanol–water partition coefficient (Wildman–Crippen LogP) is -1.77. The largest absolute Gasteiger partial charge is 0.828 e. The smallest absolute Gasteiger partial charge is 0.138 e. The number of para-hydroxylation sites is 1. The maximum absolute atomic E-state index is 11.7. The molecule has 1 unspecified atom stereocenters. The lowest BCUT2D eigenvalue weighted by molar-refractivity contribution is -0.530. The third kappa shape index (κ3) is 2.63. The van der Waals surface area contributed by atoms with Crippen LogP contribution >= 0.6 is 0 Å². The van der Waals surface area contributed by atoms with Gasteiger partial charge in [-0.05, 0) is 12.1 Å². The zero-order valence-electron chi connectivity index (χ0n) is 9.55. The number of benzene rings is 1. The van der Waals surface area contributed by atoms with Crippen LogP contribution in [0.3, 0.4) is 0 Å². The fraction of sp³-hybridized carbons (Fsp3) is 0.500. The van der Waals surface area contributed by atoms with E-state index in [-0.39, 0.29) is 0 Å². The molecule has 0 bridgehead atoms. The average Bonchev–Trinajstić information content (AvgIpc) is 2.40. The summed E-state index contributed by atoms with van der Waals surface area (Å²) in [4.78, 5) is 0. The van der Waals surface area contributed by atoms with E-state index in [0.717, 1.165) is 0 Å². The summed E-state index contributed by atoms with van der Waals surface area (Å²) in [7, 11) is 0. The first-order chi connectivity index (χ1) is 8.63. The molecule has 0 saturated carbocycles. The Kier molecular flexibility index (Phi) is 4.15. The van der Waals surface area contributed by atoms with E-state index in [0.29, 0.717) is 5.75 Å². The third-order valence-electron chi connectivity index (χ3n) is 2.84. The lowest BCUT2D eigenvalue weighted by Crippen LogP contribution is -2.64.